The highest BCUT2D eigenvalue weighted by Crippen LogP contribution is 2.30. The second-order valence-electron chi connectivity index (χ2n) is 3.60. The fourth-order valence-corrected chi connectivity index (χ4v) is 1.19. The van der Waals surface area contributed by atoms with E-state index in [9.17, 15) is 4.79 Å². The van der Waals surface area contributed by atoms with Crippen LogP contribution in [0.4, 0.5) is 0 Å². The van der Waals surface area contributed by atoms with Gasteiger partial charge in [0.15, 0.2) is 6.29 Å². The first-order valence-electron chi connectivity index (χ1n) is 3.95. The molecule has 1 aliphatic rings. The third kappa shape index (κ3) is 1.73. The van der Waals surface area contributed by atoms with Crippen LogP contribution in [0.3, 0.4) is 0 Å². The number of ether oxygens (including phenoxy) is 2. The molecule has 0 aromatic carbocycles. The topological polar surface area (TPSA) is 35.5 Å². The van der Waals surface area contributed by atoms with Crippen molar-refractivity contribution >= 4 is 6.29 Å². The predicted molar refractivity (Wildman–Crippen MR) is 44.7 cm³/mol. The molecule has 1 heterocycles. The molecule has 0 aliphatic carbocycles. The lowest BCUT2D eigenvalue weighted by molar-refractivity contribution is -0.231. The van der Waals surface area contributed by atoms with E-state index in [0.717, 1.165) is 0 Å². The zero-order valence-electron chi connectivity index (χ0n) is 7.45. The van der Waals surface area contributed by atoms with E-state index in [4.69, 9.17) is 9.47 Å². The molecular formula is C9H14O3. The highest BCUT2D eigenvalue weighted by atomic mass is 16.7. The molecule has 1 saturated heterocycles. The summed E-state index contributed by atoms with van der Waals surface area (Å²) in [4.78, 5) is 10.3. The Kier molecular flexibility index (Phi) is 2.65. The number of hydrogen-bond donors (Lipinski definition) is 0. The third-order valence-electron chi connectivity index (χ3n) is 2.00. The zero-order valence-corrected chi connectivity index (χ0v) is 7.45. The average molecular weight is 170 g/mol. The maximum atomic E-state index is 10.3. The van der Waals surface area contributed by atoms with Crippen molar-refractivity contribution in [1.29, 1.82) is 0 Å². The molecule has 2 unspecified atom stereocenters. The smallest absolute Gasteiger partial charge is 0.215 e. The summed E-state index contributed by atoms with van der Waals surface area (Å²) in [7, 11) is 0. The predicted octanol–water partition coefficient (Wildman–Crippen LogP) is 1.14. The SMILES string of the molecule is C=CC1OC(C=O)OCC1(C)C. The van der Waals surface area contributed by atoms with Crippen LogP contribution in [0.15, 0.2) is 12.7 Å². The molecule has 0 saturated carbocycles. The first-order valence-corrected chi connectivity index (χ1v) is 3.95. The van der Waals surface area contributed by atoms with Crippen molar-refractivity contribution in [2.75, 3.05) is 6.61 Å². The number of carbonyl (C=O) groups excluding carboxylic acids is 1. The normalized spacial score (nSPS) is 34.2. The second-order valence-corrected chi connectivity index (χ2v) is 3.60. The third-order valence-corrected chi connectivity index (χ3v) is 2.00. The number of hydrogen-bond acceptors (Lipinski definition) is 3. The van der Waals surface area contributed by atoms with E-state index in [1.165, 1.54) is 0 Å². The van der Waals surface area contributed by atoms with Gasteiger partial charge < -0.3 is 9.47 Å². The highest BCUT2D eigenvalue weighted by molar-refractivity contribution is 5.54. The minimum atomic E-state index is -0.721. The Labute approximate surface area is 72.4 Å². The van der Waals surface area contributed by atoms with Gasteiger partial charge in [-0.2, -0.15) is 0 Å². The summed E-state index contributed by atoms with van der Waals surface area (Å²) < 4.78 is 10.4. The zero-order chi connectivity index (χ0) is 9.19. The Morgan fingerprint density at radius 1 is 1.58 bits per heavy atom. The molecule has 3 heteroatoms. The molecular weight excluding hydrogens is 156 g/mol. The van der Waals surface area contributed by atoms with E-state index in [0.29, 0.717) is 12.9 Å². The van der Waals surface area contributed by atoms with E-state index < -0.39 is 6.29 Å². The van der Waals surface area contributed by atoms with E-state index in [2.05, 4.69) is 6.58 Å². The summed E-state index contributed by atoms with van der Waals surface area (Å²) in [5.74, 6) is 0. The quantitative estimate of drug-likeness (QED) is 0.460. The lowest BCUT2D eigenvalue weighted by Crippen LogP contribution is -2.45. The maximum Gasteiger partial charge on any atom is 0.215 e. The second kappa shape index (κ2) is 3.37. The van der Waals surface area contributed by atoms with Crippen molar-refractivity contribution in [3.8, 4) is 0 Å². The molecule has 0 aromatic rings. The first kappa shape index (κ1) is 9.42. The van der Waals surface area contributed by atoms with Crippen molar-refractivity contribution in [2.24, 2.45) is 5.41 Å². The molecule has 0 N–H and O–H groups in total. The van der Waals surface area contributed by atoms with E-state index in [1.807, 2.05) is 13.8 Å². The van der Waals surface area contributed by atoms with Crippen molar-refractivity contribution in [2.45, 2.75) is 26.2 Å². The summed E-state index contributed by atoms with van der Waals surface area (Å²) in [5.41, 5.74) is -0.0960. The van der Waals surface area contributed by atoms with E-state index in [-0.39, 0.29) is 11.5 Å². The molecule has 3 nitrogen and oxygen atoms in total. The van der Waals surface area contributed by atoms with E-state index in [1.54, 1.807) is 6.08 Å². The van der Waals surface area contributed by atoms with E-state index >= 15 is 0 Å². The van der Waals surface area contributed by atoms with Gasteiger partial charge >= 0.3 is 0 Å². The fourth-order valence-electron chi connectivity index (χ4n) is 1.19. The van der Waals surface area contributed by atoms with Crippen LogP contribution >= 0.6 is 0 Å². The van der Waals surface area contributed by atoms with Gasteiger partial charge in [-0.25, -0.2) is 0 Å². The minimum absolute atomic E-state index is 0.0960. The summed E-state index contributed by atoms with van der Waals surface area (Å²) in [6, 6.07) is 0. The van der Waals surface area contributed by atoms with Gasteiger partial charge in [-0.3, -0.25) is 4.79 Å². The number of rotatable bonds is 2. The molecule has 0 spiro atoms. The highest BCUT2D eigenvalue weighted by Gasteiger charge is 2.36. The van der Waals surface area contributed by atoms with Crippen molar-refractivity contribution in [3.63, 3.8) is 0 Å². The molecule has 0 bridgehead atoms. The monoisotopic (exact) mass is 170 g/mol. The van der Waals surface area contributed by atoms with Gasteiger partial charge in [0.05, 0.1) is 12.7 Å². The Morgan fingerprint density at radius 3 is 2.75 bits per heavy atom. The standard InChI is InChI=1S/C9H14O3/c1-4-7-9(2,3)6-11-8(5-10)12-7/h4-5,7-8H,1,6H2,2-3H3. The molecule has 12 heavy (non-hydrogen) atoms. The number of aldehydes is 1. The van der Waals surface area contributed by atoms with Crippen LogP contribution in [0.2, 0.25) is 0 Å². The van der Waals surface area contributed by atoms with Gasteiger partial charge in [0.25, 0.3) is 0 Å². The molecule has 0 amide bonds. The van der Waals surface area contributed by atoms with Gasteiger partial charge in [0.2, 0.25) is 6.29 Å². The molecule has 1 fully saturated rings. The van der Waals surface area contributed by atoms with Crippen molar-refractivity contribution in [1.82, 2.24) is 0 Å². The van der Waals surface area contributed by atoms with Crippen LogP contribution in [0.5, 0.6) is 0 Å². The molecule has 1 rings (SSSR count). The lowest BCUT2D eigenvalue weighted by Gasteiger charge is -2.38. The van der Waals surface area contributed by atoms with Crippen LogP contribution in [0, 0.1) is 5.41 Å². The van der Waals surface area contributed by atoms with Gasteiger partial charge in [0.1, 0.15) is 0 Å². The molecule has 0 radical (unpaired) electrons. The Hall–Kier alpha value is -0.670. The van der Waals surface area contributed by atoms with Crippen LogP contribution in [0.1, 0.15) is 13.8 Å². The Bertz CT molecular complexity index is 186. The van der Waals surface area contributed by atoms with Crippen molar-refractivity contribution < 1.29 is 14.3 Å². The van der Waals surface area contributed by atoms with Crippen LogP contribution in [-0.4, -0.2) is 25.3 Å². The molecule has 0 aromatic heterocycles. The lowest BCUT2D eigenvalue weighted by atomic mass is 9.86. The maximum absolute atomic E-state index is 10.3. The van der Waals surface area contributed by atoms with Crippen LogP contribution < -0.4 is 0 Å². The summed E-state index contributed by atoms with van der Waals surface area (Å²) >= 11 is 0. The molecule has 68 valence electrons. The first-order chi connectivity index (χ1) is 5.60. The van der Waals surface area contributed by atoms with Gasteiger partial charge in [-0.15, -0.1) is 6.58 Å². The molecule has 1 aliphatic heterocycles. The van der Waals surface area contributed by atoms with Crippen LogP contribution in [-0.2, 0) is 14.3 Å². The molecule has 2 atom stereocenters. The Morgan fingerprint density at radius 2 is 2.25 bits per heavy atom. The Balaban J connectivity index is 2.65. The van der Waals surface area contributed by atoms with Gasteiger partial charge in [0, 0.05) is 5.41 Å². The fraction of sp³-hybridized carbons (Fsp3) is 0.667. The minimum Gasteiger partial charge on any atom is -0.346 e. The number of carbonyl (C=O) groups is 1. The summed E-state index contributed by atoms with van der Waals surface area (Å²) in [6.07, 6.45) is 1.53. The van der Waals surface area contributed by atoms with Gasteiger partial charge in [-0.1, -0.05) is 19.9 Å². The van der Waals surface area contributed by atoms with Crippen LogP contribution in [0.25, 0.3) is 0 Å². The van der Waals surface area contributed by atoms with Gasteiger partial charge in [-0.05, 0) is 0 Å². The summed E-state index contributed by atoms with van der Waals surface area (Å²) in [5, 5.41) is 0. The van der Waals surface area contributed by atoms with Crippen molar-refractivity contribution in [3.05, 3.63) is 12.7 Å². The largest absolute Gasteiger partial charge is 0.346 e. The summed E-state index contributed by atoms with van der Waals surface area (Å²) in [6.45, 7) is 8.20. The average Bonchev–Trinajstić information content (AvgIpc) is 2.04.